The quantitative estimate of drug-likeness (QED) is 0.593. The molecule has 1 aliphatic carbocycles. The molecule has 3 atom stereocenters. The van der Waals surface area contributed by atoms with Gasteiger partial charge in [0.25, 0.3) is 0 Å². The lowest BCUT2D eigenvalue weighted by atomic mass is 9.90. The van der Waals surface area contributed by atoms with Gasteiger partial charge in [0.15, 0.2) is 0 Å². The summed E-state index contributed by atoms with van der Waals surface area (Å²) < 4.78 is 15.9. The highest BCUT2D eigenvalue weighted by Crippen LogP contribution is 2.33. The molecule has 23 heavy (non-hydrogen) atoms. The number of ether oxygens (including phenoxy) is 3. The van der Waals surface area contributed by atoms with Crippen LogP contribution in [0.25, 0.3) is 0 Å². The molecule has 2 rings (SSSR count). The van der Waals surface area contributed by atoms with E-state index >= 15 is 0 Å². The van der Waals surface area contributed by atoms with Crippen LogP contribution in [0.15, 0.2) is 4.99 Å². The highest BCUT2D eigenvalue weighted by atomic mass is 79.9. The van der Waals surface area contributed by atoms with Gasteiger partial charge in [0, 0.05) is 0 Å². The van der Waals surface area contributed by atoms with Crippen LogP contribution in [0.3, 0.4) is 0 Å². The lowest BCUT2D eigenvalue weighted by Crippen LogP contribution is -2.59. The summed E-state index contributed by atoms with van der Waals surface area (Å²) in [5.74, 6) is 0.178. The first-order chi connectivity index (χ1) is 10.7. The monoisotopic (exact) mass is 390 g/mol. The molecule has 0 aromatic heterocycles. The van der Waals surface area contributed by atoms with Crippen molar-refractivity contribution < 1.29 is 23.8 Å². The molecule has 1 saturated heterocycles. The fourth-order valence-electron chi connectivity index (χ4n) is 2.80. The van der Waals surface area contributed by atoms with Gasteiger partial charge in [-0.25, -0.2) is 9.59 Å². The number of aliphatic imine (C=N–C) groups is 1. The number of halogens is 1. The first kappa shape index (κ1) is 18.0. The molecule has 0 radical (unpaired) electrons. The highest BCUT2D eigenvalue weighted by Gasteiger charge is 2.44. The number of nitrogens with zero attached hydrogens (tertiary/aromatic N) is 2. The first-order valence-corrected chi connectivity index (χ1v) is 8.58. The molecular weight excluding hydrogens is 368 g/mol. The Labute approximate surface area is 144 Å². The van der Waals surface area contributed by atoms with Crippen molar-refractivity contribution in [2.45, 2.75) is 62.6 Å². The SMILES string of the molecule is COC(=O)N1C/C(=N/C(=O)OC(C)(C)C)O[C@@H]2[C@H](Br)CCC[C@@H]21. The minimum atomic E-state index is -0.724. The zero-order valence-corrected chi connectivity index (χ0v) is 15.5. The standard InChI is InChI=1S/C15H23BrN2O5/c1-15(2,3)23-13(19)17-11-8-18(14(20)21-4)10-7-5-6-9(16)12(10)22-11/h9-10,12H,5-8H2,1-4H3/b17-11-/t9-,10+,12-/m1/s1. The van der Waals surface area contributed by atoms with Crippen LogP contribution in [0.1, 0.15) is 40.0 Å². The molecule has 0 bridgehead atoms. The molecule has 7 nitrogen and oxygen atoms in total. The molecule has 0 unspecified atom stereocenters. The van der Waals surface area contributed by atoms with Gasteiger partial charge in [-0.3, -0.25) is 4.90 Å². The number of hydrogen-bond acceptors (Lipinski definition) is 5. The number of hydrogen-bond donors (Lipinski definition) is 0. The molecule has 2 amide bonds. The van der Waals surface area contributed by atoms with Crippen molar-refractivity contribution in [1.29, 1.82) is 0 Å². The summed E-state index contributed by atoms with van der Waals surface area (Å²) in [6.45, 7) is 5.39. The maximum Gasteiger partial charge on any atom is 0.437 e. The summed E-state index contributed by atoms with van der Waals surface area (Å²) >= 11 is 3.60. The molecule has 1 saturated carbocycles. The lowest BCUT2D eigenvalue weighted by molar-refractivity contribution is 0.00591. The van der Waals surface area contributed by atoms with E-state index in [0.717, 1.165) is 19.3 Å². The zero-order valence-electron chi connectivity index (χ0n) is 13.9. The molecule has 0 aromatic carbocycles. The molecule has 0 N–H and O–H groups in total. The second-order valence-corrected chi connectivity index (χ2v) is 7.86. The molecule has 0 aromatic rings. The number of fused-ring (bicyclic) bond motifs is 1. The van der Waals surface area contributed by atoms with Crippen molar-refractivity contribution in [3.63, 3.8) is 0 Å². The summed E-state index contributed by atoms with van der Waals surface area (Å²) in [7, 11) is 1.34. The number of methoxy groups -OCH3 is 1. The van der Waals surface area contributed by atoms with Gasteiger partial charge in [-0.15, -0.1) is 4.99 Å². The fourth-order valence-corrected chi connectivity index (χ4v) is 3.58. The van der Waals surface area contributed by atoms with Gasteiger partial charge in [-0.1, -0.05) is 15.9 Å². The van der Waals surface area contributed by atoms with E-state index < -0.39 is 17.8 Å². The second kappa shape index (κ2) is 7.07. The minimum absolute atomic E-state index is 0.0850. The molecule has 1 aliphatic heterocycles. The predicted molar refractivity (Wildman–Crippen MR) is 88.0 cm³/mol. The third-order valence-corrected chi connectivity index (χ3v) is 4.69. The van der Waals surface area contributed by atoms with Gasteiger partial charge in [-0.05, 0) is 40.0 Å². The van der Waals surface area contributed by atoms with Gasteiger partial charge >= 0.3 is 12.2 Å². The van der Waals surface area contributed by atoms with Crippen LogP contribution in [0.5, 0.6) is 0 Å². The Balaban J connectivity index is 2.19. The van der Waals surface area contributed by atoms with E-state index in [4.69, 9.17) is 14.2 Å². The van der Waals surface area contributed by atoms with Gasteiger partial charge < -0.3 is 14.2 Å². The van der Waals surface area contributed by atoms with Crippen molar-refractivity contribution in [1.82, 2.24) is 4.90 Å². The molecular formula is C15H23BrN2O5. The summed E-state index contributed by atoms with van der Waals surface area (Å²) in [6, 6.07) is -0.0850. The van der Waals surface area contributed by atoms with Crippen molar-refractivity contribution in [2.24, 2.45) is 4.99 Å². The van der Waals surface area contributed by atoms with Crippen LogP contribution in [-0.2, 0) is 14.2 Å². The molecule has 130 valence electrons. The smallest absolute Gasteiger partial charge is 0.437 e. The number of morpholine rings is 1. The summed E-state index contributed by atoms with van der Waals surface area (Å²) in [5, 5.41) is 0. The van der Waals surface area contributed by atoms with E-state index in [1.807, 2.05) is 0 Å². The third kappa shape index (κ3) is 4.59. The number of alkyl halides is 1. The van der Waals surface area contributed by atoms with Crippen molar-refractivity contribution in [3.8, 4) is 0 Å². The van der Waals surface area contributed by atoms with Gasteiger partial charge in [-0.2, -0.15) is 0 Å². The molecule has 8 heteroatoms. The van der Waals surface area contributed by atoms with Crippen molar-refractivity contribution >= 4 is 34.0 Å². The summed E-state index contributed by atoms with van der Waals surface area (Å²) in [6.07, 6.45) is 1.35. The average Bonchev–Trinajstić information content (AvgIpc) is 2.44. The number of amides is 2. The zero-order chi connectivity index (χ0) is 17.2. The van der Waals surface area contributed by atoms with Gasteiger partial charge in [0.05, 0.1) is 18.0 Å². The van der Waals surface area contributed by atoms with E-state index in [-0.39, 0.29) is 29.4 Å². The number of rotatable bonds is 0. The van der Waals surface area contributed by atoms with E-state index in [1.54, 1.807) is 25.7 Å². The Morgan fingerprint density at radius 3 is 2.65 bits per heavy atom. The lowest BCUT2D eigenvalue weighted by Gasteiger charge is -2.45. The maximum atomic E-state index is 12.1. The second-order valence-electron chi connectivity index (χ2n) is 6.68. The largest absolute Gasteiger partial charge is 0.473 e. The van der Waals surface area contributed by atoms with Crippen LogP contribution in [0.2, 0.25) is 0 Å². The molecule has 2 aliphatic rings. The first-order valence-electron chi connectivity index (χ1n) is 7.67. The Morgan fingerprint density at radius 1 is 1.35 bits per heavy atom. The fraction of sp³-hybridized carbons (Fsp3) is 0.800. The summed E-state index contributed by atoms with van der Waals surface area (Å²) in [5.41, 5.74) is -0.636. The van der Waals surface area contributed by atoms with Crippen LogP contribution < -0.4 is 0 Å². The van der Waals surface area contributed by atoms with Crippen molar-refractivity contribution in [3.05, 3.63) is 0 Å². The van der Waals surface area contributed by atoms with Crippen LogP contribution >= 0.6 is 15.9 Å². The molecule has 1 heterocycles. The van der Waals surface area contributed by atoms with Crippen LogP contribution in [0.4, 0.5) is 9.59 Å². The summed E-state index contributed by atoms with van der Waals surface area (Å²) in [4.78, 5) is 29.5. The van der Waals surface area contributed by atoms with E-state index in [9.17, 15) is 9.59 Å². The normalized spacial score (nSPS) is 29.5. The predicted octanol–water partition coefficient (Wildman–Crippen LogP) is 3.10. The van der Waals surface area contributed by atoms with Crippen LogP contribution in [-0.4, -0.2) is 59.2 Å². The van der Waals surface area contributed by atoms with Crippen LogP contribution in [0, 0.1) is 0 Å². The molecule has 2 fully saturated rings. The Hall–Kier alpha value is -1.31. The van der Waals surface area contributed by atoms with Gasteiger partial charge in [0.1, 0.15) is 18.2 Å². The van der Waals surface area contributed by atoms with Gasteiger partial charge in [0.2, 0.25) is 5.90 Å². The Kier molecular flexibility index (Phi) is 5.54. The number of carbonyl (C=O) groups excluding carboxylic acids is 2. The van der Waals surface area contributed by atoms with Crippen molar-refractivity contribution in [2.75, 3.05) is 13.7 Å². The maximum absolute atomic E-state index is 12.1. The number of carbonyl (C=O) groups is 2. The van der Waals surface area contributed by atoms with E-state index in [2.05, 4.69) is 20.9 Å². The average molecular weight is 391 g/mol. The Morgan fingerprint density at radius 2 is 2.04 bits per heavy atom. The minimum Gasteiger partial charge on any atom is -0.473 e. The Bertz CT molecular complexity index is 503. The molecule has 0 spiro atoms. The van der Waals surface area contributed by atoms with E-state index in [1.165, 1.54) is 7.11 Å². The third-order valence-electron chi connectivity index (χ3n) is 3.71. The van der Waals surface area contributed by atoms with E-state index in [0.29, 0.717) is 0 Å². The highest BCUT2D eigenvalue weighted by molar-refractivity contribution is 9.09. The topological polar surface area (TPSA) is 77.4 Å².